The van der Waals surface area contributed by atoms with Crippen LogP contribution in [0.25, 0.3) is 0 Å². The Morgan fingerprint density at radius 2 is 2.00 bits per heavy atom. The molecule has 1 N–H and O–H groups in total. The molecule has 1 atom stereocenters. The third-order valence-electron chi connectivity index (χ3n) is 4.88. The second kappa shape index (κ2) is 9.80. The molecule has 0 saturated carbocycles. The first-order valence-electron chi connectivity index (χ1n) is 10.1. The molecule has 158 valence electrons. The SMILES string of the molecule is CCOc1cccc(NC(=O)C2CC(=O)N(CC)C(=Nc3ccc(C)c(C)c3)S2)c1. The van der Waals surface area contributed by atoms with Crippen LogP contribution in [0.15, 0.2) is 47.5 Å². The largest absolute Gasteiger partial charge is 0.494 e. The van der Waals surface area contributed by atoms with Gasteiger partial charge in [0.15, 0.2) is 5.17 Å². The van der Waals surface area contributed by atoms with E-state index in [1.807, 2.05) is 58.0 Å². The summed E-state index contributed by atoms with van der Waals surface area (Å²) in [5, 5.41) is 2.91. The van der Waals surface area contributed by atoms with Gasteiger partial charge in [0.05, 0.1) is 12.3 Å². The van der Waals surface area contributed by atoms with Crippen LogP contribution < -0.4 is 10.1 Å². The summed E-state index contributed by atoms with van der Waals surface area (Å²) in [5.74, 6) is 0.379. The van der Waals surface area contributed by atoms with Gasteiger partial charge in [-0.1, -0.05) is 23.9 Å². The van der Waals surface area contributed by atoms with Crippen LogP contribution in [0, 0.1) is 13.8 Å². The molecule has 2 aromatic rings. The third kappa shape index (κ3) is 5.21. The fraction of sp³-hybridized carbons (Fsp3) is 0.348. The second-order valence-corrected chi connectivity index (χ2v) is 8.23. The highest BCUT2D eigenvalue weighted by molar-refractivity contribution is 8.15. The molecular weight excluding hydrogens is 398 g/mol. The number of aryl methyl sites for hydroxylation is 2. The Morgan fingerprint density at radius 1 is 1.20 bits per heavy atom. The highest BCUT2D eigenvalue weighted by atomic mass is 32.2. The smallest absolute Gasteiger partial charge is 0.238 e. The summed E-state index contributed by atoms with van der Waals surface area (Å²) >= 11 is 1.33. The predicted octanol–water partition coefficient (Wildman–Crippen LogP) is 4.68. The number of rotatable bonds is 6. The van der Waals surface area contributed by atoms with Gasteiger partial charge in [-0.05, 0) is 63.1 Å². The van der Waals surface area contributed by atoms with Crippen LogP contribution in [-0.2, 0) is 9.59 Å². The van der Waals surface area contributed by atoms with E-state index < -0.39 is 5.25 Å². The molecule has 2 amide bonds. The lowest BCUT2D eigenvalue weighted by Gasteiger charge is -2.31. The van der Waals surface area contributed by atoms with E-state index in [-0.39, 0.29) is 18.2 Å². The number of hydrogen-bond acceptors (Lipinski definition) is 5. The molecule has 1 saturated heterocycles. The number of nitrogens with zero attached hydrogens (tertiary/aromatic N) is 2. The maximum Gasteiger partial charge on any atom is 0.238 e. The highest BCUT2D eigenvalue weighted by Gasteiger charge is 2.35. The number of anilines is 1. The molecule has 0 aliphatic carbocycles. The van der Waals surface area contributed by atoms with Crippen LogP contribution in [0.1, 0.15) is 31.4 Å². The minimum absolute atomic E-state index is 0.0953. The molecule has 1 unspecified atom stereocenters. The average molecular weight is 426 g/mol. The molecule has 6 nitrogen and oxygen atoms in total. The second-order valence-electron chi connectivity index (χ2n) is 7.06. The summed E-state index contributed by atoms with van der Waals surface area (Å²) in [6.45, 7) is 8.96. The summed E-state index contributed by atoms with van der Waals surface area (Å²) in [7, 11) is 0. The topological polar surface area (TPSA) is 71.0 Å². The van der Waals surface area contributed by atoms with Crippen molar-refractivity contribution in [2.75, 3.05) is 18.5 Å². The number of carbonyl (C=O) groups is 2. The number of carbonyl (C=O) groups excluding carboxylic acids is 2. The molecule has 1 heterocycles. The van der Waals surface area contributed by atoms with Gasteiger partial charge in [-0.2, -0.15) is 0 Å². The maximum atomic E-state index is 12.9. The van der Waals surface area contributed by atoms with Crippen molar-refractivity contribution in [2.24, 2.45) is 4.99 Å². The zero-order valence-corrected chi connectivity index (χ0v) is 18.6. The van der Waals surface area contributed by atoms with Gasteiger partial charge in [-0.25, -0.2) is 4.99 Å². The lowest BCUT2D eigenvalue weighted by molar-refractivity contribution is -0.129. The van der Waals surface area contributed by atoms with Crippen molar-refractivity contribution in [3.05, 3.63) is 53.6 Å². The Hall–Kier alpha value is -2.80. The zero-order valence-electron chi connectivity index (χ0n) is 17.8. The van der Waals surface area contributed by atoms with E-state index in [1.165, 1.54) is 17.3 Å². The minimum atomic E-state index is -0.540. The first-order chi connectivity index (χ1) is 14.4. The van der Waals surface area contributed by atoms with Crippen molar-refractivity contribution < 1.29 is 14.3 Å². The number of hydrogen-bond donors (Lipinski definition) is 1. The molecule has 0 bridgehead atoms. The Balaban J connectivity index is 1.80. The summed E-state index contributed by atoms with van der Waals surface area (Å²) < 4.78 is 5.48. The van der Waals surface area contributed by atoms with E-state index in [1.54, 1.807) is 17.0 Å². The highest BCUT2D eigenvalue weighted by Crippen LogP contribution is 2.30. The van der Waals surface area contributed by atoms with E-state index in [0.717, 1.165) is 11.3 Å². The van der Waals surface area contributed by atoms with Gasteiger partial charge >= 0.3 is 0 Å². The minimum Gasteiger partial charge on any atom is -0.494 e. The fourth-order valence-electron chi connectivity index (χ4n) is 3.11. The third-order valence-corrected chi connectivity index (χ3v) is 6.06. The van der Waals surface area contributed by atoms with Gasteiger partial charge < -0.3 is 10.1 Å². The zero-order chi connectivity index (χ0) is 21.7. The van der Waals surface area contributed by atoms with Gasteiger partial charge in [0, 0.05) is 24.7 Å². The maximum absolute atomic E-state index is 12.9. The number of benzene rings is 2. The molecule has 1 aliphatic heterocycles. The van der Waals surface area contributed by atoms with Crippen molar-refractivity contribution in [2.45, 2.75) is 39.4 Å². The normalized spacial score (nSPS) is 17.9. The molecule has 2 aromatic carbocycles. The first kappa shape index (κ1) is 21.9. The molecule has 0 radical (unpaired) electrons. The summed E-state index contributed by atoms with van der Waals surface area (Å²) in [6.07, 6.45) is 0.140. The van der Waals surface area contributed by atoms with Gasteiger partial charge in [0.1, 0.15) is 11.0 Å². The Kier molecular flexibility index (Phi) is 7.15. The Labute approximate surface area is 181 Å². The van der Waals surface area contributed by atoms with Gasteiger partial charge in [-0.3, -0.25) is 14.5 Å². The number of nitrogens with one attached hydrogen (secondary N) is 1. The molecular formula is C23H27N3O3S. The number of amidine groups is 1. The lowest BCUT2D eigenvalue weighted by atomic mass is 10.1. The van der Waals surface area contributed by atoms with Crippen LogP contribution in [0.2, 0.25) is 0 Å². The molecule has 7 heteroatoms. The standard InChI is InChI=1S/C23H27N3O3S/c1-5-26-21(27)14-20(22(28)24-17-8-7-9-19(13-17)29-6-2)30-23(26)25-18-11-10-15(3)16(4)12-18/h7-13,20H,5-6,14H2,1-4H3,(H,24,28). The first-order valence-corrected chi connectivity index (χ1v) is 11.0. The van der Waals surface area contributed by atoms with E-state index in [0.29, 0.717) is 29.8 Å². The Bertz CT molecular complexity index is 974. The number of ether oxygens (including phenoxy) is 1. The van der Waals surface area contributed by atoms with Crippen molar-refractivity contribution in [1.29, 1.82) is 0 Å². The lowest BCUT2D eigenvalue weighted by Crippen LogP contribution is -2.45. The number of thioether (sulfide) groups is 1. The van der Waals surface area contributed by atoms with Crippen LogP contribution in [-0.4, -0.2) is 40.3 Å². The van der Waals surface area contributed by atoms with Crippen molar-refractivity contribution in [3.63, 3.8) is 0 Å². The van der Waals surface area contributed by atoms with Gasteiger partial charge in [0.2, 0.25) is 11.8 Å². The quantitative estimate of drug-likeness (QED) is 0.729. The average Bonchev–Trinajstić information content (AvgIpc) is 2.71. The van der Waals surface area contributed by atoms with Crippen molar-refractivity contribution in [1.82, 2.24) is 4.90 Å². The summed E-state index contributed by atoms with van der Waals surface area (Å²) in [5.41, 5.74) is 3.74. The van der Waals surface area contributed by atoms with E-state index in [4.69, 9.17) is 4.74 Å². The van der Waals surface area contributed by atoms with Gasteiger partial charge in [0.25, 0.3) is 0 Å². The molecule has 0 aromatic heterocycles. The van der Waals surface area contributed by atoms with Crippen LogP contribution in [0.5, 0.6) is 5.75 Å². The molecule has 0 spiro atoms. The summed E-state index contributed by atoms with van der Waals surface area (Å²) in [6, 6.07) is 13.2. The van der Waals surface area contributed by atoms with E-state index in [9.17, 15) is 9.59 Å². The van der Waals surface area contributed by atoms with E-state index in [2.05, 4.69) is 10.3 Å². The monoisotopic (exact) mass is 425 g/mol. The molecule has 30 heavy (non-hydrogen) atoms. The predicted molar refractivity (Wildman–Crippen MR) is 123 cm³/mol. The van der Waals surface area contributed by atoms with Crippen molar-refractivity contribution in [3.8, 4) is 5.75 Å². The fourth-order valence-corrected chi connectivity index (χ4v) is 4.27. The van der Waals surface area contributed by atoms with Crippen molar-refractivity contribution >= 4 is 40.1 Å². The number of amides is 2. The van der Waals surface area contributed by atoms with Crippen LogP contribution in [0.4, 0.5) is 11.4 Å². The molecule has 1 fully saturated rings. The van der Waals surface area contributed by atoms with Crippen LogP contribution >= 0.6 is 11.8 Å². The van der Waals surface area contributed by atoms with Crippen LogP contribution in [0.3, 0.4) is 0 Å². The Morgan fingerprint density at radius 3 is 2.70 bits per heavy atom. The number of aliphatic imine (C=N–C) groups is 1. The van der Waals surface area contributed by atoms with Gasteiger partial charge in [-0.15, -0.1) is 0 Å². The molecule has 3 rings (SSSR count). The van der Waals surface area contributed by atoms with E-state index >= 15 is 0 Å². The molecule has 1 aliphatic rings. The summed E-state index contributed by atoms with van der Waals surface area (Å²) in [4.78, 5) is 31.9.